The van der Waals surface area contributed by atoms with Crippen molar-refractivity contribution in [3.05, 3.63) is 46.6 Å². The van der Waals surface area contributed by atoms with Crippen molar-refractivity contribution in [2.45, 2.75) is 46.1 Å². The number of aryl methyl sites for hydroxylation is 1. The topological polar surface area (TPSA) is 12.0 Å². The minimum absolute atomic E-state index is 0.137. The van der Waals surface area contributed by atoms with Crippen LogP contribution in [0.5, 0.6) is 0 Å². The molecule has 0 aliphatic rings. The van der Waals surface area contributed by atoms with Crippen molar-refractivity contribution in [3.8, 4) is 10.4 Å². The van der Waals surface area contributed by atoms with Crippen molar-refractivity contribution in [1.29, 1.82) is 0 Å². The zero-order valence-corrected chi connectivity index (χ0v) is 13.9. The lowest BCUT2D eigenvalue weighted by Crippen LogP contribution is -2.21. The predicted molar refractivity (Wildman–Crippen MR) is 90.4 cm³/mol. The van der Waals surface area contributed by atoms with Crippen molar-refractivity contribution < 1.29 is 4.39 Å². The fourth-order valence-electron chi connectivity index (χ4n) is 2.46. The fraction of sp³-hybridized carbons (Fsp3) is 0.444. The summed E-state index contributed by atoms with van der Waals surface area (Å²) >= 11 is 1.70. The van der Waals surface area contributed by atoms with E-state index >= 15 is 0 Å². The van der Waals surface area contributed by atoms with Gasteiger partial charge in [0.05, 0.1) is 0 Å². The summed E-state index contributed by atoms with van der Waals surface area (Å²) in [4.78, 5) is 2.33. The van der Waals surface area contributed by atoms with Gasteiger partial charge in [0, 0.05) is 21.4 Å². The molecule has 21 heavy (non-hydrogen) atoms. The van der Waals surface area contributed by atoms with E-state index in [1.807, 2.05) is 25.1 Å². The average molecular weight is 305 g/mol. The van der Waals surface area contributed by atoms with Crippen molar-refractivity contribution in [3.63, 3.8) is 0 Å². The minimum atomic E-state index is -0.137. The third-order valence-electron chi connectivity index (χ3n) is 3.58. The molecule has 0 aliphatic carbocycles. The second kappa shape index (κ2) is 7.71. The van der Waals surface area contributed by atoms with Crippen LogP contribution in [0.15, 0.2) is 30.3 Å². The van der Waals surface area contributed by atoms with E-state index in [9.17, 15) is 4.39 Å². The number of rotatable bonds is 7. The van der Waals surface area contributed by atoms with Crippen LogP contribution in [0.1, 0.15) is 49.6 Å². The second-order valence-corrected chi connectivity index (χ2v) is 6.60. The molecular formula is C18H24FNS. The first-order valence-corrected chi connectivity index (χ1v) is 8.57. The van der Waals surface area contributed by atoms with Crippen LogP contribution < -0.4 is 5.32 Å². The van der Waals surface area contributed by atoms with Gasteiger partial charge in [-0.25, -0.2) is 4.39 Å². The fourth-order valence-corrected chi connectivity index (χ4v) is 3.60. The van der Waals surface area contributed by atoms with E-state index in [1.165, 1.54) is 4.88 Å². The van der Waals surface area contributed by atoms with Crippen LogP contribution in [0.25, 0.3) is 10.4 Å². The van der Waals surface area contributed by atoms with Crippen LogP contribution in [-0.4, -0.2) is 6.54 Å². The number of nitrogens with one attached hydrogen (secondary N) is 1. The molecule has 1 heterocycles. The second-order valence-electron chi connectivity index (χ2n) is 5.48. The van der Waals surface area contributed by atoms with Crippen LogP contribution >= 0.6 is 11.3 Å². The van der Waals surface area contributed by atoms with Crippen LogP contribution in [0, 0.1) is 12.7 Å². The zero-order valence-electron chi connectivity index (χ0n) is 13.1. The van der Waals surface area contributed by atoms with E-state index in [0.717, 1.165) is 41.8 Å². The summed E-state index contributed by atoms with van der Waals surface area (Å²) in [5.74, 6) is -0.137. The molecule has 114 valence electrons. The first-order chi connectivity index (χ1) is 10.2. The Hall–Kier alpha value is -1.19. The van der Waals surface area contributed by atoms with Crippen molar-refractivity contribution in [2.75, 3.05) is 6.54 Å². The Morgan fingerprint density at radius 2 is 1.95 bits per heavy atom. The average Bonchev–Trinajstić information content (AvgIpc) is 2.95. The van der Waals surface area contributed by atoms with E-state index in [2.05, 4.69) is 25.2 Å². The van der Waals surface area contributed by atoms with Crippen LogP contribution in [-0.2, 0) is 0 Å². The third-order valence-corrected chi connectivity index (χ3v) is 4.81. The summed E-state index contributed by atoms with van der Waals surface area (Å²) in [5.41, 5.74) is 1.81. The Bertz CT molecular complexity index is 576. The Morgan fingerprint density at radius 3 is 2.67 bits per heavy atom. The van der Waals surface area contributed by atoms with Gasteiger partial charge in [0.1, 0.15) is 5.82 Å². The Labute approximate surface area is 131 Å². The Morgan fingerprint density at radius 1 is 1.14 bits per heavy atom. The van der Waals surface area contributed by atoms with Gasteiger partial charge in [-0.1, -0.05) is 31.9 Å². The van der Waals surface area contributed by atoms with Gasteiger partial charge in [-0.3, -0.25) is 0 Å². The Balaban J connectivity index is 2.24. The van der Waals surface area contributed by atoms with E-state index in [0.29, 0.717) is 6.04 Å². The normalized spacial score (nSPS) is 12.6. The highest BCUT2D eigenvalue weighted by atomic mass is 32.1. The summed E-state index contributed by atoms with van der Waals surface area (Å²) in [6.45, 7) is 7.41. The molecule has 0 bridgehead atoms. The number of halogens is 1. The van der Waals surface area contributed by atoms with Crippen molar-refractivity contribution in [2.24, 2.45) is 0 Å². The van der Waals surface area contributed by atoms with E-state index in [1.54, 1.807) is 17.4 Å². The molecule has 1 atom stereocenters. The monoisotopic (exact) mass is 305 g/mol. The van der Waals surface area contributed by atoms with Gasteiger partial charge in [0.15, 0.2) is 0 Å². The molecule has 2 rings (SSSR count). The maximum absolute atomic E-state index is 14.0. The molecule has 0 radical (unpaired) electrons. The molecule has 1 aromatic carbocycles. The maximum Gasteiger partial charge on any atom is 0.131 e. The lowest BCUT2D eigenvalue weighted by molar-refractivity contribution is 0.501. The van der Waals surface area contributed by atoms with E-state index in [-0.39, 0.29) is 5.82 Å². The smallest absolute Gasteiger partial charge is 0.131 e. The van der Waals surface area contributed by atoms with E-state index in [4.69, 9.17) is 0 Å². The molecule has 2 aromatic rings. The quantitative estimate of drug-likeness (QED) is 0.691. The lowest BCUT2D eigenvalue weighted by Gasteiger charge is -2.16. The van der Waals surface area contributed by atoms with Crippen LogP contribution in [0.4, 0.5) is 4.39 Å². The summed E-state index contributed by atoms with van der Waals surface area (Å²) < 4.78 is 14.0. The lowest BCUT2D eigenvalue weighted by atomic mass is 10.1. The molecule has 0 saturated heterocycles. The summed E-state index contributed by atoms with van der Waals surface area (Å²) in [6, 6.07) is 9.89. The van der Waals surface area contributed by atoms with Gasteiger partial charge in [-0.05, 0) is 50.6 Å². The molecule has 1 N–H and O–H groups in total. The molecule has 3 heteroatoms. The van der Waals surface area contributed by atoms with Gasteiger partial charge >= 0.3 is 0 Å². The number of thiophene rings is 1. The highest BCUT2D eigenvalue weighted by Crippen LogP contribution is 2.34. The molecule has 0 aliphatic heterocycles. The van der Waals surface area contributed by atoms with Gasteiger partial charge in [-0.2, -0.15) is 0 Å². The summed E-state index contributed by atoms with van der Waals surface area (Å²) in [6.07, 6.45) is 3.40. The maximum atomic E-state index is 14.0. The summed E-state index contributed by atoms with van der Waals surface area (Å²) in [7, 11) is 0. The largest absolute Gasteiger partial charge is 0.309 e. The molecule has 0 fully saturated rings. The van der Waals surface area contributed by atoms with Crippen molar-refractivity contribution in [1.82, 2.24) is 5.32 Å². The zero-order chi connectivity index (χ0) is 15.2. The number of hydrogen-bond acceptors (Lipinski definition) is 2. The molecule has 1 unspecified atom stereocenters. The minimum Gasteiger partial charge on any atom is -0.309 e. The summed E-state index contributed by atoms with van der Waals surface area (Å²) in [5, 5.41) is 3.59. The van der Waals surface area contributed by atoms with Crippen LogP contribution in [0.3, 0.4) is 0 Å². The van der Waals surface area contributed by atoms with Crippen LogP contribution in [0.2, 0.25) is 0 Å². The SMILES string of the molecule is CCCNC(CCC)c1ccc(-c2cc(C)ccc2F)s1. The molecule has 0 saturated carbocycles. The van der Waals surface area contributed by atoms with Crippen molar-refractivity contribution >= 4 is 11.3 Å². The van der Waals surface area contributed by atoms with Gasteiger partial charge in [0.25, 0.3) is 0 Å². The predicted octanol–water partition coefficient (Wildman–Crippen LogP) is 5.70. The van der Waals surface area contributed by atoms with Gasteiger partial charge < -0.3 is 5.32 Å². The van der Waals surface area contributed by atoms with E-state index < -0.39 is 0 Å². The molecule has 0 spiro atoms. The molecular weight excluding hydrogens is 281 g/mol. The third kappa shape index (κ3) is 4.14. The standard InChI is InChI=1S/C18H24FNS/c1-4-6-16(20-11-5-2)18-10-9-17(21-18)14-12-13(3)7-8-15(14)19/h7-10,12,16,20H,4-6,11H2,1-3H3. The number of benzene rings is 1. The first kappa shape index (κ1) is 16.2. The molecule has 1 aromatic heterocycles. The van der Waals surface area contributed by atoms with Gasteiger partial charge in [-0.15, -0.1) is 11.3 Å². The molecule has 1 nitrogen and oxygen atoms in total. The Kier molecular flexibility index (Phi) is 5.95. The first-order valence-electron chi connectivity index (χ1n) is 7.75. The highest BCUT2D eigenvalue weighted by molar-refractivity contribution is 7.15. The highest BCUT2D eigenvalue weighted by Gasteiger charge is 2.14. The number of hydrogen-bond donors (Lipinski definition) is 1. The van der Waals surface area contributed by atoms with Gasteiger partial charge in [0.2, 0.25) is 0 Å². The molecule has 0 amide bonds.